The Morgan fingerprint density at radius 3 is 2.50 bits per heavy atom. The van der Waals surface area contributed by atoms with E-state index >= 15 is 0 Å². The zero-order valence-corrected chi connectivity index (χ0v) is 10.1. The molecule has 2 rings (SSSR count). The standard InChI is InChI=1S/C13H9F3N2O2/c14-9-1-2-13(16)8(3-9)7-17-11-4-10(15)5-12(6-11)18(19)20/h1-6,17H,7H2. The molecule has 0 heterocycles. The van der Waals surface area contributed by atoms with Crippen molar-refractivity contribution in [2.75, 3.05) is 5.32 Å². The number of rotatable bonds is 4. The Bertz CT molecular complexity index is 662. The molecule has 0 aromatic heterocycles. The highest BCUT2D eigenvalue weighted by molar-refractivity contribution is 5.51. The third kappa shape index (κ3) is 3.25. The van der Waals surface area contributed by atoms with Crippen molar-refractivity contribution < 1.29 is 18.1 Å². The third-order valence-electron chi connectivity index (χ3n) is 2.58. The number of halogens is 3. The van der Waals surface area contributed by atoms with E-state index in [1.807, 2.05) is 0 Å². The first-order valence-corrected chi connectivity index (χ1v) is 5.58. The summed E-state index contributed by atoms with van der Waals surface area (Å²) >= 11 is 0. The van der Waals surface area contributed by atoms with Gasteiger partial charge in [-0.2, -0.15) is 0 Å². The van der Waals surface area contributed by atoms with Crippen LogP contribution in [0.2, 0.25) is 0 Å². The van der Waals surface area contributed by atoms with Crippen LogP contribution in [0.25, 0.3) is 0 Å². The average molecular weight is 282 g/mol. The lowest BCUT2D eigenvalue weighted by Gasteiger charge is -2.08. The molecule has 2 aromatic rings. The minimum Gasteiger partial charge on any atom is -0.381 e. The van der Waals surface area contributed by atoms with Gasteiger partial charge in [0, 0.05) is 23.9 Å². The molecular formula is C13H9F3N2O2. The van der Waals surface area contributed by atoms with Crippen molar-refractivity contribution in [2.24, 2.45) is 0 Å². The fourth-order valence-electron chi connectivity index (χ4n) is 1.66. The molecule has 0 radical (unpaired) electrons. The fraction of sp³-hybridized carbons (Fsp3) is 0.0769. The lowest BCUT2D eigenvalue weighted by atomic mass is 10.2. The van der Waals surface area contributed by atoms with Gasteiger partial charge in [-0.15, -0.1) is 0 Å². The van der Waals surface area contributed by atoms with Gasteiger partial charge >= 0.3 is 0 Å². The summed E-state index contributed by atoms with van der Waals surface area (Å²) in [7, 11) is 0. The maximum Gasteiger partial charge on any atom is 0.274 e. The summed E-state index contributed by atoms with van der Waals surface area (Å²) in [6, 6.07) is 5.86. The first-order chi connectivity index (χ1) is 9.45. The van der Waals surface area contributed by atoms with E-state index in [1.165, 1.54) is 0 Å². The number of non-ortho nitro benzene ring substituents is 1. The van der Waals surface area contributed by atoms with Gasteiger partial charge in [-0.05, 0) is 24.3 Å². The number of hydrogen-bond donors (Lipinski definition) is 1. The second-order valence-electron chi connectivity index (χ2n) is 4.04. The molecule has 0 aliphatic carbocycles. The van der Waals surface area contributed by atoms with Crippen LogP contribution in [0, 0.1) is 27.6 Å². The zero-order chi connectivity index (χ0) is 14.7. The highest BCUT2D eigenvalue weighted by atomic mass is 19.1. The molecule has 0 saturated heterocycles. The zero-order valence-electron chi connectivity index (χ0n) is 10.1. The maximum absolute atomic E-state index is 13.4. The van der Waals surface area contributed by atoms with Crippen LogP contribution in [-0.4, -0.2) is 4.92 Å². The van der Waals surface area contributed by atoms with Gasteiger partial charge in [0.2, 0.25) is 0 Å². The molecule has 4 nitrogen and oxygen atoms in total. The molecule has 0 atom stereocenters. The van der Waals surface area contributed by atoms with Crippen molar-refractivity contribution in [1.82, 2.24) is 0 Å². The molecular weight excluding hydrogens is 273 g/mol. The Balaban J connectivity index is 2.18. The van der Waals surface area contributed by atoms with E-state index in [4.69, 9.17) is 0 Å². The number of nitro benzene ring substituents is 1. The van der Waals surface area contributed by atoms with Crippen LogP contribution in [0.1, 0.15) is 5.56 Å². The summed E-state index contributed by atoms with van der Waals surface area (Å²) in [5.41, 5.74) is -0.274. The van der Waals surface area contributed by atoms with Gasteiger partial charge in [0.05, 0.1) is 11.0 Å². The second-order valence-corrected chi connectivity index (χ2v) is 4.04. The second kappa shape index (κ2) is 5.60. The number of anilines is 1. The normalized spacial score (nSPS) is 10.3. The smallest absolute Gasteiger partial charge is 0.274 e. The number of nitro groups is 1. The topological polar surface area (TPSA) is 55.2 Å². The van der Waals surface area contributed by atoms with Gasteiger partial charge in [0.25, 0.3) is 5.69 Å². The molecule has 1 N–H and O–H groups in total. The highest BCUT2D eigenvalue weighted by Crippen LogP contribution is 2.21. The maximum atomic E-state index is 13.4. The lowest BCUT2D eigenvalue weighted by Crippen LogP contribution is -2.03. The van der Waals surface area contributed by atoms with E-state index in [0.717, 1.165) is 36.4 Å². The van der Waals surface area contributed by atoms with Crippen molar-refractivity contribution in [3.05, 3.63) is 69.5 Å². The lowest BCUT2D eigenvalue weighted by molar-refractivity contribution is -0.385. The van der Waals surface area contributed by atoms with Crippen LogP contribution in [0.15, 0.2) is 36.4 Å². The monoisotopic (exact) mass is 282 g/mol. The molecule has 0 unspecified atom stereocenters. The number of nitrogens with zero attached hydrogens (tertiary/aromatic N) is 1. The van der Waals surface area contributed by atoms with E-state index in [0.29, 0.717) is 0 Å². The summed E-state index contributed by atoms with van der Waals surface area (Å²) in [6.45, 7) is -0.121. The first kappa shape index (κ1) is 13.9. The molecule has 0 aliphatic heterocycles. The largest absolute Gasteiger partial charge is 0.381 e. The first-order valence-electron chi connectivity index (χ1n) is 5.58. The molecule has 0 bridgehead atoms. The van der Waals surface area contributed by atoms with E-state index in [2.05, 4.69) is 5.32 Å². The van der Waals surface area contributed by atoms with Crippen molar-refractivity contribution in [2.45, 2.75) is 6.54 Å². The summed E-state index contributed by atoms with van der Waals surface area (Å²) in [6.07, 6.45) is 0. The van der Waals surface area contributed by atoms with E-state index in [-0.39, 0.29) is 17.8 Å². The molecule has 0 spiro atoms. The van der Waals surface area contributed by atoms with Crippen LogP contribution in [0.4, 0.5) is 24.5 Å². The van der Waals surface area contributed by atoms with Gasteiger partial charge in [-0.1, -0.05) is 0 Å². The number of nitrogens with one attached hydrogen (secondary N) is 1. The third-order valence-corrected chi connectivity index (χ3v) is 2.58. The van der Waals surface area contributed by atoms with Crippen LogP contribution in [0.3, 0.4) is 0 Å². The molecule has 2 aromatic carbocycles. The van der Waals surface area contributed by atoms with Gasteiger partial charge in [0.1, 0.15) is 17.5 Å². The van der Waals surface area contributed by atoms with E-state index in [9.17, 15) is 23.3 Å². The van der Waals surface area contributed by atoms with Crippen LogP contribution >= 0.6 is 0 Å². The number of benzene rings is 2. The molecule has 0 amide bonds. The highest BCUT2D eigenvalue weighted by Gasteiger charge is 2.10. The Kier molecular flexibility index (Phi) is 3.88. The SMILES string of the molecule is O=[N+]([O-])c1cc(F)cc(NCc2cc(F)ccc2F)c1. The van der Waals surface area contributed by atoms with Gasteiger partial charge in [0.15, 0.2) is 0 Å². The van der Waals surface area contributed by atoms with Gasteiger partial charge in [-0.3, -0.25) is 10.1 Å². The minimum absolute atomic E-state index is 0.0388. The van der Waals surface area contributed by atoms with Crippen LogP contribution in [0.5, 0.6) is 0 Å². The van der Waals surface area contributed by atoms with Crippen LogP contribution in [-0.2, 0) is 6.54 Å². The quantitative estimate of drug-likeness (QED) is 0.688. The molecule has 20 heavy (non-hydrogen) atoms. The molecule has 0 aliphatic rings. The molecule has 0 saturated carbocycles. The Labute approximate surface area is 112 Å². The van der Waals surface area contributed by atoms with E-state index < -0.39 is 28.1 Å². The van der Waals surface area contributed by atoms with Crippen molar-refractivity contribution in [3.8, 4) is 0 Å². The Hall–Kier alpha value is -2.57. The predicted molar refractivity (Wildman–Crippen MR) is 66.7 cm³/mol. The number of hydrogen-bond acceptors (Lipinski definition) is 3. The van der Waals surface area contributed by atoms with Crippen molar-refractivity contribution >= 4 is 11.4 Å². The summed E-state index contributed by atoms with van der Waals surface area (Å²) in [5, 5.41) is 13.2. The summed E-state index contributed by atoms with van der Waals surface area (Å²) < 4.78 is 39.5. The average Bonchev–Trinajstić information content (AvgIpc) is 2.39. The fourth-order valence-corrected chi connectivity index (χ4v) is 1.66. The van der Waals surface area contributed by atoms with Crippen molar-refractivity contribution in [1.29, 1.82) is 0 Å². The summed E-state index contributed by atoms with van der Waals surface area (Å²) in [5.74, 6) is -2.01. The van der Waals surface area contributed by atoms with Gasteiger partial charge in [-0.25, -0.2) is 13.2 Å². The molecule has 104 valence electrons. The predicted octanol–water partition coefficient (Wildman–Crippen LogP) is 3.62. The van der Waals surface area contributed by atoms with Crippen LogP contribution < -0.4 is 5.32 Å². The molecule has 0 fully saturated rings. The Morgan fingerprint density at radius 2 is 1.80 bits per heavy atom. The van der Waals surface area contributed by atoms with Crippen molar-refractivity contribution in [3.63, 3.8) is 0 Å². The minimum atomic E-state index is -0.790. The van der Waals surface area contributed by atoms with E-state index in [1.54, 1.807) is 0 Å². The Morgan fingerprint density at radius 1 is 1.05 bits per heavy atom. The summed E-state index contributed by atoms with van der Waals surface area (Å²) in [4.78, 5) is 9.84. The molecule has 7 heteroatoms. The van der Waals surface area contributed by atoms with Gasteiger partial charge < -0.3 is 5.32 Å².